The minimum atomic E-state index is -0.549. The summed E-state index contributed by atoms with van der Waals surface area (Å²) in [5.74, 6) is -0.970. The smallest absolute Gasteiger partial charge is 0.356 e. The minimum absolute atomic E-state index is 0.0959. The SMILES string of the molecule is COC(=O)c1cc([C@H]2CC(c3cc(C(=O)NCc4ccc(F)c(OC)c4)nc(C)n3)=NO2)ccn1. The highest BCUT2D eigenvalue weighted by Crippen LogP contribution is 2.29. The number of benzene rings is 1. The molecule has 0 spiro atoms. The standard InChI is InChI=1S/C24H22FN5O5/c1-13-28-17(18-11-21(35-30-18)15-6-7-26-20(9-15)24(32)34-3)10-19(29-13)23(31)27-12-14-4-5-16(25)22(8-14)33-2/h4-10,21H,11-12H2,1-3H3,(H,27,31)/t21-/m1/s1. The van der Waals surface area contributed by atoms with E-state index in [2.05, 4.69) is 25.4 Å². The Morgan fingerprint density at radius 3 is 2.74 bits per heavy atom. The molecule has 180 valence electrons. The molecule has 1 N–H and O–H groups in total. The molecule has 0 bridgehead atoms. The summed E-state index contributed by atoms with van der Waals surface area (Å²) in [6, 6.07) is 9.20. The number of amides is 1. The van der Waals surface area contributed by atoms with Gasteiger partial charge in [-0.1, -0.05) is 11.2 Å². The normalized spacial score (nSPS) is 14.6. The van der Waals surface area contributed by atoms with Crippen molar-refractivity contribution in [3.8, 4) is 5.75 Å². The van der Waals surface area contributed by atoms with Gasteiger partial charge in [-0.2, -0.15) is 0 Å². The topological polar surface area (TPSA) is 125 Å². The average molecular weight is 479 g/mol. The molecule has 0 aliphatic carbocycles. The monoisotopic (exact) mass is 479 g/mol. The molecule has 0 unspecified atom stereocenters. The molecule has 10 nitrogen and oxygen atoms in total. The number of carbonyl (C=O) groups is 2. The van der Waals surface area contributed by atoms with Crippen molar-refractivity contribution in [1.29, 1.82) is 0 Å². The molecule has 0 fully saturated rings. The Bertz CT molecular complexity index is 1310. The van der Waals surface area contributed by atoms with E-state index in [1.54, 1.807) is 25.1 Å². The van der Waals surface area contributed by atoms with Gasteiger partial charge >= 0.3 is 5.97 Å². The lowest BCUT2D eigenvalue weighted by Gasteiger charge is -2.10. The Balaban J connectivity index is 1.46. The second-order valence-electron chi connectivity index (χ2n) is 7.64. The number of carbonyl (C=O) groups excluding carboxylic acids is 2. The molecule has 1 aliphatic heterocycles. The molecule has 0 radical (unpaired) electrons. The summed E-state index contributed by atoms with van der Waals surface area (Å²) >= 11 is 0. The van der Waals surface area contributed by atoms with Crippen LogP contribution in [0.5, 0.6) is 5.75 Å². The van der Waals surface area contributed by atoms with Gasteiger partial charge in [0.05, 0.1) is 19.9 Å². The van der Waals surface area contributed by atoms with Gasteiger partial charge in [-0.05, 0) is 48.4 Å². The highest BCUT2D eigenvalue weighted by molar-refractivity contribution is 6.02. The van der Waals surface area contributed by atoms with Gasteiger partial charge < -0.3 is 19.6 Å². The van der Waals surface area contributed by atoms with E-state index in [1.807, 2.05) is 0 Å². The van der Waals surface area contributed by atoms with E-state index >= 15 is 0 Å². The van der Waals surface area contributed by atoms with E-state index in [9.17, 15) is 14.0 Å². The van der Waals surface area contributed by atoms with Crippen LogP contribution in [0.25, 0.3) is 0 Å². The summed E-state index contributed by atoms with van der Waals surface area (Å²) in [4.78, 5) is 42.7. The van der Waals surface area contributed by atoms with Crippen LogP contribution in [0.4, 0.5) is 4.39 Å². The van der Waals surface area contributed by atoms with Crippen molar-refractivity contribution in [2.45, 2.75) is 26.0 Å². The first kappa shape index (κ1) is 23.7. The van der Waals surface area contributed by atoms with Gasteiger partial charge in [0.15, 0.2) is 17.7 Å². The van der Waals surface area contributed by atoms with Gasteiger partial charge in [-0.15, -0.1) is 0 Å². The second-order valence-corrected chi connectivity index (χ2v) is 7.64. The number of esters is 1. The lowest BCUT2D eigenvalue weighted by Crippen LogP contribution is -2.25. The van der Waals surface area contributed by atoms with Crippen LogP contribution in [-0.2, 0) is 16.1 Å². The minimum Gasteiger partial charge on any atom is -0.494 e. The molecule has 4 rings (SSSR count). The molecule has 3 heterocycles. The molecule has 3 aromatic rings. The number of aromatic nitrogens is 3. The third kappa shape index (κ3) is 5.40. The number of methoxy groups -OCH3 is 2. The second kappa shape index (κ2) is 10.2. The van der Waals surface area contributed by atoms with Gasteiger partial charge in [0.1, 0.15) is 22.9 Å². The molecule has 1 amide bonds. The molecule has 1 atom stereocenters. The Kier molecular flexibility index (Phi) is 6.95. The van der Waals surface area contributed by atoms with Crippen LogP contribution in [0, 0.1) is 12.7 Å². The predicted molar refractivity (Wildman–Crippen MR) is 121 cm³/mol. The van der Waals surface area contributed by atoms with Crippen molar-refractivity contribution in [2.75, 3.05) is 14.2 Å². The van der Waals surface area contributed by atoms with E-state index in [-0.39, 0.29) is 23.7 Å². The number of aryl methyl sites for hydroxylation is 1. The molecule has 2 aromatic heterocycles. The van der Waals surface area contributed by atoms with Crippen LogP contribution < -0.4 is 10.1 Å². The van der Waals surface area contributed by atoms with Crippen molar-refractivity contribution >= 4 is 17.6 Å². The zero-order valence-corrected chi connectivity index (χ0v) is 19.2. The summed E-state index contributed by atoms with van der Waals surface area (Å²) in [6.07, 6.45) is 1.42. The largest absolute Gasteiger partial charge is 0.494 e. The van der Waals surface area contributed by atoms with E-state index in [1.165, 1.54) is 38.6 Å². The molecule has 1 aromatic carbocycles. The quantitative estimate of drug-likeness (QED) is 0.513. The van der Waals surface area contributed by atoms with Crippen molar-refractivity contribution in [1.82, 2.24) is 20.3 Å². The third-order valence-corrected chi connectivity index (χ3v) is 5.25. The maximum Gasteiger partial charge on any atom is 0.356 e. The van der Waals surface area contributed by atoms with Gasteiger partial charge in [0, 0.05) is 19.2 Å². The van der Waals surface area contributed by atoms with E-state index in [4.69, 9.17) is 14.3 Å². The van der Waals surface area contributed by atoms with E-state index in [0.29, 0.717) is 34.8 Å². The highest BCUT2D eigenvalue weighted by atomic mass is 19.1. The Morgan fingerprint density at radius 1 is 1.14 bits per heavy atom. The molecule has 0 saturated heterocycles. The number of hydrogen-bond acceptors (Lipinski definition) is 9. The number of oxime groups is 1. The third-order valence-electron chi connectivity index (χ3n) is 5.25. The number of rotatable bonds is 7. The first-order valence-electron chi connectivity index (χ1n) is 10.6. The first-order valence-corrected chi connectivity index (χ1v) is 10.6. The number of nitrogens with one attached hydrogen (secondary N) is 1. The van der Waals surface area contributed by atoms with Crippen LogP contribution in [0.2, 0.25) is 0 Å². The Morgan fingerprint density at radius 2 is 1.97 bits per heavy atom. The molecule has 0 saturated carbocycles. The zero-order valence-electron chi connectivity index (χ0n) is 19.2. The van der Waals surface area contributed by atoms with Gasteiger partial charge in [-0.25, -0.2) is 24.1 Å². The fourth-order valence-electron chi connectivity index (χ4n) is 3.49. The van der Waals surface area contributed by atoms with Crippen LogP contribution in [-0.4, -0.2) is 46.8 Å². The van der Waals surface area contributed by atoms with Crippen molar-refractivity contribution < 1.29 is 28.3 Å². The summed E-state index contributed by atoms with van der Waals surface area (Å²) in [6.45, 7) is 1.83. The van der Waals surface area contributed by atoms with Gasteiger partial charge in [-0.3, -0.25) is 4.79 Å². The van der Waals surface area contributed by atoms with Crippen LogP contribution >= 0.6 is 0 Å². The number of halogens is 1. The Hall–Kier alpha value is -4.41. The molecule has 35 heavy (non-hydrogen) atoms. The maximum atomic E-state index is 13.6. The lowest BCUT2D eigenvalue weighted by atomic mass is 10.0. The average Bonchev–Trinajstić information content (AvgIpc) is 3.38. The van der Waals surface area contributed by atoms with Crippen molar-refractivity contribution in [3.05, 3.63) is 82.4 Å². The molecular formula is C24H22FN5O5. The van der Waals surface area contributed by atoms with E-state index < -0.39 is 23.8 Å². The summed E-state index contributed by atoms with van der Waals surface area (Å²) in [5.41, 5.74) is 2.69. The fraction of sp³-hybridized carbons (Fsp3) is 0.250. The Labute approximate surface area is 200 Å². The molecule has 11 heteroatoms. The summed E-state index contributed by atoms with van der Waals surface area (Å²) in [7, 11) is 2.66. The zero-order chi connectivity index (χ0) is 24.9. The van der Waals surface area contributed by atoms with Gasteiger partial charge in [0.25, 0.3) is 5.91 Å². The summed E-state index contributed by atoms with van der Waals surface area (Å²) < 4.78 is 23.3. The van der Waals surface area contributed by atoms with Crippen LogP contribution in [0.15, 0.2) is 47.8 Å². The maximum absolute atomic E-state index is 13.6. The van der Waals surface area contributed by atoms with Crippen LogP contribution in [0.3, 0.4) is 0 Å². The molecule has 1 aliphatic rings. The number of pyridine rings is 1. The summed E-state index contributed by atoms with van der Waals surface area (Å²) in [5, 5.41) is 6.89. The van der Waals surface area contributed by atoms with Gasteiger partial charge in [0.2, 0.25) is 0 Å². The first-order chi connectivity index (χ1) is 16.9. The number of hydrogen-bond donors (Lipinski definition) is 1. The number of nitrogens with zero attached hydrogens (tertiary/aromatic N) is 4. The predicted octanol–water partition coefficient (Wildman–Crippen LogP) is 2.91. The lowest BCUT2D eigenvalue weighted by molar-refractivity contribution is 0.0592. The van der Waals surface area contributed by atoms with Crippen molar-refractivity contribution in [3.63, 3.8) is 0 Å². The highest BCUT2D eigenvalue weighted by Gasteiger charge is 2.27. The van der Waals surface area contributed by atoms with Crippen LogP contribution in [0.1, 0.15) is 56.1 Å². The number of ether oxygens (including phenoxy) is 2. The van der Waals surface area contributed by atoms with Crippen molar-refractivity contribution in [2.24, 2.45) is 5.16 Å². The van der Waals surface area contributed by atoms with E-state index in [0.717, 1.165) is 0 Å². The fourth-order valence-corrected chi connectivity index (χ4v) is 3.49. The molecular weight excluding hydrogens is 457 g/mol.